The van der Waals surface area contributed by atoms with Crippen molar-refractivity contribution in [3.05, 3.63) is 93.5 Å². The largest absolute Gasteiger partial charge is 0.507 e. The fraction of sp³-hybridized carbons (Fsp3) is 0.241. The number of aliphatic hydroxyl groups is 1. The summed E-state index contributed by atoms with van der Waals surface area (Å²) in [5, 5.41) is 11.9. The van der Waals surface area contributed by atoms with Gasteiger partial charge in [-0.25, -0.2) is 0 Å². The summed E-state index contributed by atoms with van der Waals surface area (Å²) in [5.41, 5.74) is 2.39. The number of hydrogen-bond acceptors (Lipinski definition) is 5. The van der Waals surface area contributed by atoms with Crippen molar-refractivity contribution in [1.82, 2.24) is 0 Å². The minimum Gasteiger partial charge on any atom is -0.507 e. The van der Waals surface area contributed by atoms with Gasteiger partial charge >= 0.3 is 0 Å². The third kappa shape index (κ3) is 4.67. The van der Waals surface area contributed by atoms with Gasteiger partial charge in [-0.15, -0.1) is 0 Å². The van der Waals surface area contributed by atoms with Crippen LogP contribution in [0, 0.1) is 0 Å². The molecule has 2 aliphatic rings. The molecule has 5 rings (SSSR count). The highest BCUT2D eigenvalue weighted by Crippen LogP contribution is 2.45. The van der Waals surface area contributed by atoms with Crippen LogP contribution < -0.4 is 14.5 Å². The fourth-order valence-electron chi connectivity index (χ4n) is 5.11. The summed E-state index contributed by atoms with van der Waals surface area (Å²) < 4.78 is 5.40. The Morgan fingerprint density at radius 2 is 1.57 bits per heavy atom. The molecule has 2 fully saturated rings. The number of aliphatic hydroxyl groups excluding tert-OH is 1. The second kappa shape index (κ2) is 10.5. The minimum atomic E-state index is -0.857. The zero-order valence-electron chi connectivity index (χ0n) is 20.3. The van der Waals surface area contributed by atoms with E-state index in [0.717, 1.165) is 31.6 Å². The molecule has 0 saturated carbocycles. The van der Waals surface area contributed by atoms with Crippen LogP contribution in [-0.2, 0) is 9.59 Å². The number of benzene rings is 3. The number of rotatable bonds is 5. The molecule has 1 unspecified atom stereocenters. The number of ether oxygens (including phenoxy) is 1. The first-order valence-corrected chi connectivity index (χ1v) is 12.9. The minimum absolute atomic E-state index is 0.0621. The standard InChI is InChI=1S/C29H26Cl2N2O4/c1-37-28-22(16-19(30)17-23(28)31)26(34)24-25(18-8-4-2-5-9-18)33(29(36)27(24)35)21-12-10-20(11-13-21)32-14-6-3-7-15-32/h2,4-5,8-13,16-17,25,34H,3,6-7,14-15H2,1H3/b26-24+. The third-order valence-electron chi connectivity index (χ3n) is 6.88. The molecule has 1 N–H and O–H groups in total. The van der Waals surface area contributed by atoms with Gasteiger partial charge in [0.25, 0.3) is 11.7 Å². The predicted molar refractivity (Wildman–Crippen MR) is 147 cm³/mol. The van der Waals surface area contributed by atoms with Crippen molar-refractivity contribution >= 4 is 52.0 Å². The number of anilines is 2. The Labute approximate surface area is 225 Å². The van der Waals surface area contributed by atoms with Crippen molar-refractivity contribution in [3.8, 4) is 5.75 Å². The molecule has 2 aliphatic heterocycles. The number of ketones is 1. The van der Waals surface area contributed by atoms with Crippen LogP contribution in [-0.4, -0.2) is 37.0 Å². The summed E-state index contributed by atoms with van der Waals surface area (Å²) in [6, 6.07) is 18.9. The summed E-state index contributed by atoms with van der Waals surface area (Å²) in [6.07, 6.45) is 3.54. The number of amides is 1. The summed E-state index contributed by atoms with van der Waals surface area (Å²) in [6.45, 7) is 2.00. The quantitative estimate of drug-likeness (QED) is 0.225. The Bertz CT molecular complexity index is 1370. The highest BCUT2D eigenvalue weighted by Gasteiger charge is 2.47. The number of methoxy groups -OCH3 is 1. The van der Waals surface area contributed by atoms with Gasteiger partial charge < -0.3 is 14.7 Å². The number of halogens is 2. The van der Waals surface area contributed by atoms with E-state index < -0.39 is 23.5 Å². The van der Waals surface area contributed by atoms with Gasteiger partial charge in [-0.05, 0) is 61.2 Å². The number of carbonyl (C=O) groups is 2. The van der Waals surface area contributed by atoms with Crippen molar-refractivity contribution in [2.24, 2.45) is 0 Å². The molecular weight excluding hydrogens is 511 g/mol. The lowest BCUT2D eigenvalue weighted by molar-refractivity contribution is -0.132. The van der Waals surface area contributed by atoms with Gasteiger partial charge in [0, 0.05) is 29.5 Å². The molecule has 37 heavy (non-hydrogen) atoms. The molecule has 2 heterocycles. The number of piperidine rings is 1. The van der Waals surface area contributed by atoms with Crippen LogP contribution in [0.4, 0.5) is 11.4 Å². The van der Waals surface area contributed by atoms with Crippen molar-refractivity contribution in [1.29, 1.82) is 0 Å². The molecule has 0 bridgehead atoms. The van der Waals surface area contributed by atoms with E-state index in [-0.39, 0.29) is 26.9 Å². The van der Waals surface area contributed by atoms with Crippen LogP contribution in [0.3, 0.4) is 0 Å². The highest BCUT2D eigenvalue weighted by atomic mass is 35.5. The van der Waals surface area contributed by atoms with Crippen LogP contribution >= 0.6 is 23.2 Å². The molecule has 3 aromatic carbocycles. The average Bonchev–Trinajstić information content (AvgIpc) is 3.19. The van der Waals surface area contributed by atoms with Crippen molar-refractivity contribution in [2.75, 3.05) is 30.0 Å². The lowest BCUT2D eigenvalue weighted by atomic mass is 9.95. The number of hydrogen-bond donors (Lipinski definition) is 1. The second-order valence-electron chi connectivity index (χ2n) is 9.11. The first-order chi connectivity index (χ1) is 17.9. The molecule has 1 atom stereocenters. The highest BCUT2D eigenvalue weighted by molar-refractivity contribution is 6.52. The smallest absolute Gasteiger partial charge is 0.300 e. The molecule has 0 aliphatic carbocycles. The molecule has 0 radical (unpaired) electrons. The summed E-state index contributed by atoms with van der Waals surface area (Å²) in [7, 11) is 1.41. The maximum atomic E-state index is 13.4. The van der Waals surface area contributed by atoms with E-state index >= 15 is 0 Å². The lowest BCUT2D eigenvalue weighted by Crippen LogP contribution is -2.30. The molecule has 8 heteroatoms. The van der Waals surface area contributed by atoms with Gasteiger partial charge in [-0.1, -0.05) is 53.5 Å². The van der Waals surface area contributed by atoms with Crippen LogP contribution in [0.2, 0.25) is 10.0 Å². The molecule has 0 aromatic heterocycles. The predicted octanol–water partition coefficient (Wildman–Crippen LogP) is 6.62. The zero-order valence-corrected chi connectivity index (χ0v) is 21.8. The van der Waals surface area contributed by atoms with E-state index in [4.69, 9.17) is 27.9 Å². The average molecular weight is 537 g/mol. The van der Waals surface area contributed by atoms with Crippen molar-refractivity contribution in [2.45, 2.75) is 25.3 Å². The van der Waals surface area contributed by atoms with Crippen LogP contribution in [0.15, 0.2) is 72.3 Å². The van der Waals surface area contributed by atoms with Gasteiger partial charge in [0.1, 0.15) is 11.5 Å². The Morgan fingerprint density at radius 1 is 0.919 bits per heavy atom. The first-order valence-electron chi connectivity index (χ1n) is 12.1. The van der Waals surface area contributed by atoms with Gasteiger partial charge in [0.2, 0.25) is 0 Å². The van der Waals surface area contributed by atoms with Crippen molar-refractivity contribution < 1.29 is 19.4 Å². The summed E-state index contributed by atoms with van der Waals surface area (Å²) in [4.78, 5) is 30.7. The van der Waals surface area contributed by atoms with Crippen LogP contribution in [0.1, 0.15) is 36.4 Å². The number of Topliss-reactive ketones (excluding diaryl/α,β-unsaturated/α-hetero) is 1. The molecule has 2 saturated heterocycles. The van der Waals surface area contributed by atoms with E-state index in [1.165, 1.54) is 30.6 Å². The fourth-order valence-corrected chi connectivity index (χ4v) is 5.69. The maximum Gasteiger partial charge on any atom is 0.300 e. The molecular formula is C29H26Cl2N2O4. The molecule has 6 nitrogen and oxygen atoms in total. The van der Waals surface area contributed by atoms with E-state index in [1.54, 1.807) is 0 Å². The third-order valence-corrected chi connectivity index (χ3v) is 7.38. The first kappa shape index (κ1) is 25.2. The van der Waals surface area contributed by atoms with E-state index in [0.29, 0.717) is 11.3 Å². The number of nitrogens with zero attached hydrogens (tertiary/aromatic N) is 2. The topological polar surface area (TPSA) is 70.1 Å². The maximum absolute atomic E-state index is 13.4. The Balaban J connectivity index is 1.64. The monoisotopic (exact) mass is 536 g/mol. The van der Waals surface area contributed by atoms with Gasteiger partial charge in [-0.2, -0.15) is 0 Å². The van der Waals surface area contributed by atoms with Gasteiger partial charge in [0.05, 0.1) is 29.3 Å². The lowest BCUT2D eigenvalue weighted by Gasteiger charge is -2.30. The van der Waals surface area contributed by atoms with E-state index in [1.807, 2.05) is 54.6 Å². The van der Waals surface area contributed by atoms with E-state index in [2.05, 4.69) is 4.90 Å². The second-order valence-corrected chi connectivity index (χ2v) is 9.96. The molecule has 190 valence electrons. The zero-order chi connectivity index (χ0) is 26.1. The summed E-state index contributed by atoms with van der Waals surface area (Å²) in [5.74, 6) is -1.77. The van der Waals surface area contributed by atoms with Gasteiger partial charge in [0.15, 0.2) is 0 Å². The van der Waals surface area contributed by atoms with Crippen molar-refractivity contribution in [3.63, 3.8) is 0 Å². The molecule has 1 amide bonds. The number of carbonyl (C=O) groups excluding carboxylic acids is 2. The summed E-state index contributed by atoms with van der Waals surface area (Å²) >= 11 is 12.5. The Morgan fingerprint density at radius 3 is 2.22 bits per heavy atom. The Hall–Kier alpha value is -3.48. The van der Waals surface area contributed by atoms with E-state index in [9.17, 15) is 14.7 Å². The molecule has 0 spiro atoms. The van der Waals surface area contributed by atoms with Gasteiger partial charge in [-0.3, -0.25) is 14.5 Å². The van der Waals surface area contributed by atoms with Crippen LogP contribution in [0.5, 0.6) is 5.75 Å². The normalized spacial score (nSPS) is 19.4. The Kier molecular flexibility index (Phi) is 7.13. The molecule has 3 aromatic rings. The SMILES string of the molecule is COc1c(Cl)cc(Cl)cc1/C(O)=C1\C(=O)C(=O)N(c2ccc(N3CCCCC3)cc2)C1c1ccccc1. The van der Waals surface area contributed by atoms with Crippen LogP contribution in [0.25, 0.3) is 5.76 Å².